The molecule has 1 aromatic heterocycles. The second kappa shape index (κ2) is 4.94. The molecule has 0 radical (unpaired) electrons. The number of benzene rings is 1. The highest BCUT2D eigenvalue weighted by Gasteiger charge is 2.34. The van der Waals surface area contributed by atoms with E-state index in [1.807, 2.05) is 29.9 Å². The van der Waals surface area contributed by atoms with E-state index in [-0.39, 0.29) is 5.54 Å². The lowest BCUT2D eigenvalue weighted by atomic mass is 9.81. The first-order valence-corrected chi connectivity index (χ1v) is 7.15. The van der Waals surface area contributed by atoms with E-state index in [1.165, 1.54) is 5.69 Å². The average Bonchev–Trinajstić information content (AvgIpc) is 2.80. The summed E-state index contributed by atoms with van der Waals surface area (Å²) in [6.45, 7) is 2.79. The number of hydrogen-bond acceptors (Lipinski definition) is 3. The van der Waals surface area contributed by atoms with Gasteiger partial charge in [-0.15, -0.1) is 0 Å². The lowest BCUT2D eigenvalue weighted by Crippen LogP contribution is -2.43. The molecule has 0 amide bonds. The van der Waals surface area contributed by atoms with Gasteiger partial charge < -0.3 is 10.5 Å². The first-order chi connectivity index (χ1) is 9.62. The highest BCUT2D eigenvalue weighted by atomic mass is 16.5. The van der Waals surface area contributed by atoms with Crippen LogP contribution in [-0.4, -0.2) is 16.4 Å². The average molecular weight is 271 g/mol. The van der Waals surface area contributed by atoms with Gasteiger partial charge in [0.2, 0.25) is 0 Å². The first-order valence-electron chi connectivity index (χ1n) is 7.15. The van der Waals surface area contributed by atoms with Crippen LogP contribution in [0.5, 0.6) is 5.75 Å². The third kappa shape index (κ3) is 2.20. The molecule has 2 heterocycles. The Balaban J connectivity index is 1.95. The maximum atomic E-state index is 6.70. The number of aromatic nitrogens is 2. The van der Waals surface area contributed by atoms with Crippen LogP contribution in [-0.2, 0) is 25.4 Å². The summed E-state index contributed by atoms with van der Waals surface area (Å²) in [7, 11) is 1.99. The molecule has 1 aromatic carbocycles. The fourth-order valence-electron chi connectivity index (χ4n) is 2.90. The van der Waals surface area contributed by atoms with Gasteiger partial charge in [-0.1, -0.05) is 25.1 Å². The van der Waals surface area contributed by atoms with Crippen LogP contribution in [0.3, 0.4) is 0 Å². The molecule has 1 atom stereocenters. The molecule has 2 aromatic rings. The summed E-state index contributed by atoms with van der Waals surface area (Å²) >= 11 is 0. The molecular weight excluding hydrogens is 250 g/mol. The van der Waals surface area contributed by atoms with Crippen molar-refractivity contribution in [3.63, 3.8) is 0 Å². The zero-order chi connectivity index (χ0) is 14.2. The smallest absolute Gasteiger partial charge is 0.124 e. The predicted molar refractivity (Wildman–Crippen MR) is 78.7 cm³/mol. The molecule has 4 heteroatoms. The van der Waals surface area contributed by atoms with Crippen LogP contribution in [0, 0.1) is 0 Å². The van der Waals surface area contributed by atoms with Crippen LogP contribution in [0.1, 0.15) is 30.3 Å². The lowest BCUT2D eigenvalue weighted by molar-refractivity contribution is 0.213. The molecule has 2 N–H and O–H groups in total. The Kier molecular flexibility index (Phi) is 3.26. The minimum Gasteiger partial charge on any atom is -0.493 e. The molecule has 0 fully saturated rings. The fraction of sp³-hybridized carbons (Fsp3) is 0.438. The maximum absolute atomic E-state index is 6.70. The van der Waals surface area contributed by atoms with Crippen LogP contribution in [0.25, 0.3) is 0 Å². The zero-order valence-electron chi connectivity index (χ0n) is 12.1. The Hall–Kier alpha value is -1.81. The van der Waals surface area contributed by atoms with Crippen molar-refractivity contribution in [1.82, 2.24) is 9.78 Å². The van der Waals surface area contributed by atoms with Gasteiger partial charge in [0.25, 0.3) is 0 Å². The molecule has 0 saturated carbocycles. The topological polar surface area (TPSA) is 53.1 Å². The number of para-hydroxylation sites is 1. The van der Waals surface area contributed by atoms with Crippen molar-refractivity contribution < 1.29 is 4.74 Å². The zero-order valence-corrected chi connectivity index (χ0v) is 12.1. The van der Waals surface area contributed by atoms with E-state index in [9.17, 15) is 0 Å². The normalized spacial score (nSPS) is 21.4. The molecule has 4 nitrogen and oxygen atoms in total. The Bertz CT molecular complexity index is 620. The van der Waals surface area contributed by atoms with Gasteiger partial charge in [-0.05, 0) is 18.6 Å². The molecule has 0 bridgehead atoms. The van der Waals surface area contributed by atoms with E-state index in [1.54, 1.807) is 0 Å². The molecule has 3 rings (SSSR count). The van der Waals surface area contributed by atoms with E-state index >= 15 is 0 Å². The van der Waals surface area contributed by atoms with Crippen molar-refractivity contribution in [2.75, 3.05) is 6.61 Å². The minimum absolute atomic E-state index is 0.367. The number of ether oxygens (including phenoxy) is 1. The van der Waals surface area contributed by atoms with Crippen LogP contribution in [0.2, 0.25) is 0 Å². The summed E-state index contributed by atoms with van der Waals surface area (Å²) < 4.78 is 7.66. The van der Waals surface area contributed by atoms with E-state index < -0.39 is 0 Å². The number of nitrogens with two attached hydrogens (primary N) is 1. The highest BCUT2D eigenvalue weighted by molar-refractivity contribution is 5.41. The van der Waals surface area contributed by atoms with Crippen molar-refractivity contribution in [2.45, 2.75) is 31.7 Å². The first kappa shape index (κ1) is 13.2. The molecule has 20 heavy (non-hydrogen) atoms. The van der Waals surface area contributed by atoms with Gasteiger partial charge in [-0.2, -0.15) is 5.10 Å². The van der Waals surface area contributed by atoms with Crippen molar-refractivity contribution in [1.29, 1.82) is 0 Å². The second-order valence-corrected chi connectivity index (χ2v) is 5.53. The lowest BCUT2D eigenvalue weighted by Gasteiger charge is -2.35. The Labute approximate surface area is 119 Å². The third-order valence-corrected chi connectivity index (χ3v) is 4.12. The Morgan fingerprint density at radius 1 is 1.40 bits per heavy atom. The maximum Gasteiger partial charge on any atom is 0.124 e. The van der Waals surface area contributed by atoms with E-state index in [0.29, 0.717) is 6.61 Å². The van der Waals surface area contributed by atoms with E-state index in [4.69, 9.17) is 10.5 Å². The minimum atomic E-state index is -0.367. The van der Waals surface area contributed by atoms with Gasteiger partial charge in [0.15, 0.2) is 0 Å². The summed E-state index contributed by atoms with van der Waals surface area (Å²) in [6.07, 6.45) is 2.57. The SMILES string of the molecule is CCc1cc(CC2(N)CCOc3ccccc32)n(C)n1. The summed E-state index contributed by atoms with van der Waals surface area (Å²) in [5.74, 6) is 0.916. The molecule has 0 aliphatic carbocycles. The van der Waals surface area contributed by atoms with Crippen LogP contribution < -0.4 is 10.5 Å². The molecular formula is C16H21N3O. The summed E-state index contributed by atoms with van der Waals surface area (Å²) in [4.78, 5) is 0. The molecule has 0 saturated heterocycles. The third-order valence-electron chi connectivity index (χ3n) is 4.12. The number of fused-ring (bicyclic) bond motifs is 1. The Morgan fingerprint density at radius 3 is 2.95 bits per heavy atom. The fourth-order valence-corrected chi connectivity index (χ4v) is 2.90. The van der Waals surface area contributed by atoms with Gasteiger partial charge in [0.05, 0.1) is 17.8 Å². The number of aryl methyl sites for hydroxylation is 2. The standard InChI is InChI=1S/C16H21N3O/c1-3-12-10-13(19(2)18-12)11-16(17)8-9-20-15-7-5-4-6-14(15)16/h4-7,10H,3,8-9,11,17H2,1-2H3. The summed E-state index contributed by atoms with van der Waals surface area (Å²) in [5, 5.41) is 4.51. The van der Waals surface area contributed by atoms with Crippen LogP contribution in [0.15, 0.2) is 30.3 Å². The highest BCUT2D eigenvalue weighted by Crippen LogP contribution is 2.37. The monoisotopic (exact) mass is 271 g/mol. The largest absolute Gasteiger partial charge is 0.493 e. The van der Waals surface area contributed by atoms with Crippen molar-refractivity contribution in [3.8, 4) is 5.75 Å². The summed E-state index contributed by atoms with van der Waals surface area (Å²) in [5.41, 5.74) is 9.73. The van der Waals surface area contributed by atoms with Gasteiger partial charge in [0.1, 0.15) is 5.75 Å². The predicted octanol–water partition coefficient (Wildman–Crippen LogP) is 2.16. The molecule has 1 unspecified atom stereocenters. The van der Waals surface area contributed by atoms with Gasteiger partial charge >= 0.3 is 0 Å². The van der Waals surface area contributed by atoms with Crippen LogP contribution >= 0.6 is 0 Å². The molecule has 0 spiro atoms. The van der Waals surface area contributed by atoms with Crippen molar-refractivity contribution >= 4 is 0 Å². The van der Waals surface area contributed by atoms with E-state index in [2.05, 4.69) is 24.2 Å². The number of hydrogen-bond donors (Lipinski definition) is 1. The van der Waals surface area contributed by atoms with Gasteiger partial charge in [-0.25, -0.2) is 0 Å². The molecule has 1 aliphatic heterocycles. The van der Waals surface area contributed by atoms with Crippen LogP contribution in [0.4, 0.5) is 0 Å². The molecule has 106 valence electrons. The Morgan fingerprint density at radius 2 is 2.20 bits per heavy atom. The van der Waals surface area contributed by atoms with Gasteiger partial charge in [0, 0.05) is 31.1 Å². The summed E-state index contributed by atoms with van der Waals surface area (Å²) in [6, 6.07) is 10.2. The second-order valence-electron chi connectivity index (χ2n) is 5.53. The van der Waals surface area contributed by atoms with Crippen molar-refractivity contribution in [3.05, 3.63) is 47.3 Å². The number of nitrogens with zero attached hydrogens (tertiary/aromatic N) is 2. The van der Waals surface area contributed by atoms with E-state index in [0.717, 1.165) is 36.3 Å². The van der Waals surface area contributed by atoms with Gasteiger partial charge in [-0.3, -0.25) is 4.68 Å². The number of rotatable bonds is 3. The molecule has 1 aliphatic rings. The quantitative estimate of drug-likeness (QED) is 0.930. The van der Waals surface area contributed by atoms with Crippen molar-refractivity contribution in [2.24, 2.45) is 12.8 Å².